The van der Waals surface area contributed by atoms with Gasteiger partial charge < -0.3 is 24.5 Å². The summed E-state index contributed by atoms with van der Waals surface area (Å²) in [7, 11) is 0. The summed E-state index contributed by atoms with van der Waals surface area (Å²) >= 11 is 6.89. The van der Waals surface area contributed by atoms with Crippen molar-refractivity contribution in [2.75, 3.05) is 13.1 Å². The van der Waals surface area contributed by atoms with Gasteiger partial charge in [0.15, 0.2) is 11.4 Å². The van der Waals surface area contributed by atoms with E-state index in [1.165, 1.54) is 28.8 Å². The number of halogens is 6. The number of alkyl halides is 3. The second-order valence-corrected chi connectivity index (χ2v) is 10.9. The maximum absolute atomic E-state index is 15.4. The molecule has 5 rings (SSSR count). The molecule has 1 unspecified atom stereocenters. The topological polar surface area (TPSA) is 85.6 Å². The van der Waals surface area contributed by atoms with Crippen LogP contribution in [0.1, 0.15) is 41.2 Å². The Morgan fingerprint density at radius 3 is 2.47 bits per heavy atom. The fourth-order valence-corrected chi connectivity index (χ4v) is 6.11. The Morgan fingerprint density at radius 2 is 1.87 bits per heavy atom. The third-order valence-corrected chi connectivity index (χ3v) is 8.35. The molecular weight excluding hydrogens is 555 g/mol. The number of aromatic nitrogens is 1. The highest BCUT2D eigenvalue weighted by atomic mass is 35.5. The lowest BCUT2D eigenvalue weighted by Crippen LogP contribution is -2.48. The molecule has 1 atom stereocenters. The second kappa shape index (κ2) is 9.42. The van der Waals surface area contributed by atoms with Crippen LogP contribution in [0.15, 0.2) is 40.1 Å². The van der Waals surface area contributed by atoms with Crippen molar-refractivity contribution < 1.29 is 41.8 Å². The highest BCUT2D eigenvalue weighted by molar-refractivity contribution is 7.99. The summed E-state index contributed by atoms with van der Waals surface area (Å²) in [5.41, 5.74) is -3.28. The molecule has 0 radical (unpaired) electrons. The zero-order valence-corrected chi connectivity index (χ0v) is 21.0. The fraction of sp³-hybridized carbons (Fsp3) is 0.360. The molecule has 1 saturated carbocycles. The molecule has 1 saturated heterocycles. The minimum Gasteiger partial charge on any atom is -0.545 e. The van der Waals surface area contributed by atoms with Crippen molar-refractivity contribution in [2.24, 2.45) is 0 Å². The molecule has 1 amide bonds. The van der Waals surface area contributed by atoms with Gasteiger partial charge in [0.25, 0.3) is 0 Å². The van der Waals surface area contributed by atoms with E-state index in [0.29, 0.717) is 23.4 Å². The quantitative estimate of drug-likeness (QED) is 0.439. The predicted molar refractivity (Wildman–Crippen MR) is 126 cm³/mol. The molecule has 3 aromatic rings. The smallest absolute Gasteiger partial charge is 0.419 e. The standard InChI is InChI=1S/C25H20ClF5N2O4S/c26-15-7-6-14-21(19(15)28)33(10-17(34)32-9-8-24(37,11-32)25(29,30)31)20(12-4-5-12)22(14)38-16-3-1-2-13(18(16)27)23(35)36/h1-3,6-7,12,37H,4-5,8-11H2,(H,35,36)/p-1. The number of aromatic carboxylic acids is 1. The van der Waals surface area contributed by atoms with Crippen molar-refractivity contribution in [3.05, 3.63) is 58.2 Å². The van der Waals surface area contributed by atoms with Crippen molar-refractivity contribution in [3.8, 4) is 0 Å². The zero-order chi connectivity index (χ0) is 27.6. The SMILES string of the molecule is O=C([O-])c1cccc(Sc2c(C3CC3)n(CC(=O)N3CCC(O)(C(F)(F)F)C3)c3c(F)c(Cl)ccc23)c1F. The van der Waals surface area contributed by atoms with Gasteiger partial charge in [-0.15, -0.1) is 0 Å². The molecule has 1 aliphatic carbocycles. The summed E-state index contributed by atoms with van der Waals surface area (Å²) in [6.45, 7) is -1.81. The molecule has 202 valence electrons. The molecule has 1 N–H and O–H groups in total. The Balaban J connectivity index is 1.59. The number of benzene rings is 2. The third kappa shape index (κ3) is 4.52. The lowest BCUT2D eigenvalue weighted by Gasteiger charge is -2.26. The molecule has 1 aromatic heterocycles. The first-order valence-corrected chi connectivity index (χ1v) is 12.8. The number of β-amino-alcohol motifs (C(OH)–C–C–N with tert-alkyl or cyclic N) is 1. The van der Waals surface area contributed by atoms with Crippen molar-refractivity contribution in [1.29, 1.82) is 0 Å². The maximum atomic E-state index is 15.4. The summed E-state index contributed by atoms with van der Waals surface area (Å²) in [6, 6.07) is 6.53. The van der Waals surface area contributed by atoms with E-state index in [1.807, 2.05) is 0 Å². The fourth-order valence-electron chi connectivity index (χ4n) is 4.73. The number of carbonyl (C=O) groups excluding carboxylic acids is 2. The van der Waals surface area contributed by atoms with Gasteiger partial charge in [-0.05, 0) is 31.0 Å². The predicted octanol–water partition coefficient (Wildman–Crippen LogP) is 4.49. The van der Waals surface area contributed by atoms with E-state index in [0.717, 1.165) is 22.7 Å². The first kappa shape index (κ1) is 26.8. The summed E-state index contributed by atoms with van der Waals surface area (Å²) in [5.74, 6) is -4.50. The van der Waals surface area contributed by atoms with Crippen molar-refractivity contribution >= 4 is 46.1 Å². The lowest BCUT2D eigenvalue weighted by atomic mass is 10.0. The van der Waals surface area contributed by atoms with Crippen LogP contribution in [0.3, 0.4) is 0 Å². The molecule has 1 aliphatic heterocycles. The van der Waals surface area contributed by atoms with Crippen LogP contribution in [0.25, 0.3) is 10.9 Å². The number of carboxylic acid groups (broad SMARTS) is 1. The first-order valence-electron chi connectivity index (χ1n) is 11.6. The first-order chi connectivity index (χ1) is 17.8. The molecule has 6 nitrogen and oxygen atoms in total. The van der Waals surface area contributed by atoms with Gasteiger partial charge in [-0.25, -0.2) is 8.78 Å². The van der Waals surface area contributed by atoms with Crippen molar-refractivity contribution in [3.63, 3.8) is 0 Å². The molecule has 0 spiro atoms. The number of amides is 1. The van der Waals surface area contributed by atoms with Crippen LogP contribution in [-0.4, -0.2) is 51.3 Å². The number of carboxylic acids is 1. The zero-order valence-electron chi connectivity index (χ0n) is 19.4. The molecule has 38 heavy (non-hydrogen) atoms. The number of likely N-dealkylation sites (tertiary alicyclic amines) is 1. The van der Waals surface area contributed by atoms with Gasteiger partial charge in [-0.1, -0.05) is 35.5 Å². The number of hydrogen-bond donors (Lipinski definition) is 1. The van der Waals surface area contributed by atoms with E-state index in [9.17, 15) is 37.4 Å². The van der Waals surface area contributed by atoms with Crippen LogP contribution >= 0.6 is 23.4 Å². The number of hydrogen-bond acceptors (Lipinski definition) is 5. The number of nitrogens with zero attached hydrogens (tertiary/aromatic N) is 2. The molecule has 2 heterocycles. The number of carbonyl (C=O) groups is 2. The van der Waals surface area contributed by atoms with Crippen LogP contribution in [0.4, 0.5) is 22.0 Å². The van der Waals surface area contributed by atoms with Crippen LogP contribution in [-0.2, 0) is 11.3 Å². The number of fused-ring (bicyclic) bond motifs is 1. The normalized spacial score (nSPS) is 19.9. The average molecular weight is 574 g/mol. The van der Waals surface area contributed by atoms with Crippen molar-refractivity contribution in [1.82, 2.24) is 9.47 Å². The summed E-state index contributed by atoms with van der Waals surface area (Å²) in [4.78, 5) is 25.6. The third-order valence-electron chi connectivity index (χ3n) is 6.89. The van der Waals surface area contributed by atoms with Gasteiger partial charge in [0.05, 0.1) is 23.1 Å². The maximum Gasteiger partial charge on any atom is 0.419 e. The van der Waals surface area contributed by atoms with Gasteiger partial charge in [0.2, 0.25) is 5.91 Å². The highest BCUT2D eigenvalue weighted by Gasteiger charge is 2.57. The number of aliphatic hydroxyl groups is 1. The van der Waals surface area contributed by atoms with Crippen LogP contribution in [0.2, 0.25) is 5.02 Å². The summed E-state index contributed by atoms with van der Waals surface area (Å²) in [6.07, 6.45) is -4.26. The Morgan fingerprint density at radius 1 is 1.16 bits per heavy atom. The van der Waals surface area contributed by atoms with E-state index in [2.05, 4.69) is 0 Å². The van der Waals surface area contributed by atoms with E-state index < -0.39 is 60.4 Å². The second-order valence-electron chi connectivity index (χ2n) is 9.43. The van der Waals surface area contributed by atoms with E-state index in [-0.39, 0.29) is 33.3 Å². The monoisotopic (exact) mass is 573 g/mol. The Hall–Kier alpha value is -2.83. The molecular formula is C25H19ClF5N2O4S-. The average Bonchev–Trinajstić information content (AvgIpc) is 3.51. The lowest BCUT2D eigenvalue weighted by molar-refractivity contribution is -0.255. The van der Waals surface area contributed by atoms with Gasteiger partial charge >= 0.3 is 6.18 Å². The van der Waals surface area contributed by atoms with Crippen molar-refractivity contribution in [2.45, 2.75) is 53.3 Å². The summed E-state index contributed by atoms with van der Waals surface area (Å²) < 4.78 is 71.6. The van der Waals surface area contributed by atoms with Gasteiger partial charge in [0.1, 0.15) is 12.4 Å². The van der Waals surface area contributed by atoms with E-state index >= 15 is 4.39 Å². The molecule has 2 fully saturated rings. The summed E-state index contributed by atoms with van der Waals surface area (Å²) in [5, 5.41) is 21.3. The van der Waals surface area contributed by atoms with Crippen LogP contribution in [0, 0.1) is 11.6 Å². The molecule has 2 aliphatic rings. The Kier molecular flexibility index (Phi) is 6.64. The molecule has 2 aromatic carbocycles. The van der Waals surface area contributed by atoms with Gasteiger partial charge in [0, 0.05) is 45.3 Å². The van der Waals surface area contributed by atoms with Crippen LogP contribution in [0.5, 0.6) is 0 Å². The van der Waals surface area contributed by atoms with E-state index in [4.69, 9.17) is 11.6 Å². The van der Waals surface area contributed by atoms with E-state index in [1.54, 1.807) is 0 Å². The number of rotatable bonds is 6. The van der Waals surface area contributed by atoms with Gasteiger partial charge in [-0.2, -0.15) is 13.2 Å². The molecule has 0 bridgehead atoms. The van der Waals surface area contributed by atoms with Crippen LogP contribution < -0.4 is 5.11 Å². The Labute approximate surface area is 222 Å². The Bertz CT molecular complexity index is 1470. The van der Waals surface area contributed by atoms with Gasteiger partial charge in [-0.3, -0.25) is 4.79 Å². The minimum absolute atomic E-state index is 0.0656. The highest BCUT2D eigenvalue weighted by Crippen LogP contribution is 2.51. The molecule has 13 heteroatoms. The minimum atomic E-state index is -4.92. The largest absolute Gasteiger partial charge is 0.545 e.